The zero-order valence-electron chi connectivity index (χ0n) is 11.5. The van der Waals surface area contributed by atoms with Gasteiger partial charge in [-0.15, -0.1) is 0 Å². The quantitative estimate of drug-likeness (QED) is 0.794. The van der Waals surface area contributed by atoms with Crippen molar-refractivity contribution in [2.45, 2.75) is 11.8 Å². The fourth-order valence-electron chi connectivity index (χ4n) is 1.85. The van der Waals surface area contributed by atoms with Crippen LogP contribution in [0.4, 0.5) is 0 Å². The number of carbonyl (C=O) groups excluding carboxylic acids is 1. The van der Waals surface area contributed by atoms with E-state index in [0.717, 1.165) is 5.56 Å². The Bertz CT molecular complexity index is 650. The summed E-state index contributed by atoms with van der Waals surface area (Å²) < 4.78 is 17.3. The van der Waals surface area contributed by atoms with Gasteiger partial charge in [-0.2, -0.15) is 0 Å². The number of carbonyl (C=O) groups is 1. The van der Waals surface area contributed by atoms with Crippen molar-refractivity contribution in [2.24, 2.45) is 0 Å². The Labute approximate surface area is 121 Å². The highest BCUT2D eigenvalue weighted by molar-refractivity contribution is 7.85. The third-order valence-corrected chi connectivity index (χ3v) is 4.21. The second kappa shape index (κ2) is 6.48. The largest absolute Gasteiger partial charge is 0.497 e. The first-order valence-corrected chi connectivity index (χ1v) is 7.54. The summed E-state index contributed by atoms with van der Waals surface area (Å²) in [5, 5.41) is 0. The van der Waals surface area contributed by atoms with Gasteiger partial charge >= 0.3 is 0 Å². The smallest absolute Gasteiger partial charge is 0.175 e. The van der Waals surface area contributed by atoms with Crippen LogP contribution in [0, 0.1) is 6.92 Å². The van der Waals surface area contributed by atoms with Crippen molar-refractivity contribution in [1.29, 1.82) is 0 Å². The number of rotatable bonds is 5. The summed E-state index contributed by atoms with van der Waals surface area (Å²) in [6.07, 6.45) is 0. The lowest BCUT2D eigenvalue weighted by molar-refractivity contribution is 0.102. The summed E-state index contributed by atoms with van der Waals surface area (Å²) in [4.78, 5) is 12.7. The third-order valence-electron chi connectivity index (χ3n) is 2.91. The van der Waals surface area contributed by atoms with E-state index >= 15 is 0 Å². The molecule has 0 heterocycles. The first-order chi connectivity index (χ1) is 9.60. The Kier molecular flexibility index (Phi) is 4.69. The number of Topliss-reactive ketones (excluding diaryl/α,β-unsaturated/α-hetero) is 1. The van der Waals surface area contributed by atoms with E-state index in [4.69, 9.17) is 4.74 Å². The minimum atomic E-state index is -1.36. The molecule has 0 bridgehead atoms. The second-order valence-electron chi connectivity index (χ2n) is 4.46. The minimum absolute atomic E-state index is 0.0172. The Balaban J connectivity index is 2.13. The van der Waals surface area contributed by atoms with Crippen molar-refractivity contribution in [3.63, 3.8) is 0 Å². The Morgan fingerprint density at radius 2 is 1.90 bits per heavy atom. The molecule has 0 aromatic heterocycles. The van der Waals surface area contributed by atoms with Crippen LogP contribution in [0.3, 0.4) is 0 Å². The van der Waals surface area contributed by atoms with Crippen molar-refractivity contribution in [2.75, 3.05) is 12.9 Å². The lowest BCUT2D eigenvalue weighted by Gasteiger charge is -2.05. The number of benzene rings is 2. The summed E-state index contributed by atoms with van der Waals surface area (Å²) >= 11 is 0. The van der Waals surface area contributed by atoms with E-state index < -0.39 is 10.8 Å². The molecule has 2 rings (SSSR count). The average Bonchev–Trinajstić information content (AvgIpc) is 2.47. The molecule has 3 nitrogen and oxygen atoms in total. The van der Waals surface area contributed by atoms with Crippen LogP contribution in [0.2, 0.25) is 0 Å². The lowest BCUT2D eigenvalue weighted by atomic mass is 10.1. The van der Waals surface area contributed by atoms with Gasteiger partial charge in [0.15, 0.2) is 5.78 Å². The Morgan fingerprint density at radius 3 is 2.60 bits per heavy atom. The molecule has 0 amide bonds. The predicted molar refractivity (Wildman–Crippen MR) is 79.8 cm³/mol. The van der Waals surface area contributed by atoms with E-state index in [1.165, 1.54) is 0 Å². The van der Waals surface area contributed by atoms with Gasteiger partial charge in [-0.1, -0.05) is 29.8 Å². The van der Waals surface area contributed by atoms with E-state index in [9.17, 15) is 9.00 Å². The molecule has 1 atom stereocenters. The number of ketones is 1. The molecule has 0 spiro atoms. The summed E-state index contributed by atoms with van der Waals surface area (Å²) in [6, 6.07) is 14.3. The van der Waals surface area contributed by atoms with Gasteiger partial charge in [0.05, 0.1) is 23.7 Å². The first-order valence-electron chi connectivity index (χ1n) is 6.22. The number of aryl methyl sites for hydroxylation is 1. The summed E-state index contributed by atoms with van der Waals surface area (Å²) in [7, 11) is 0.193. The molecule has 2 aromatic carbocycles. The molecule has 104 valence electrons. The zero-order chi connectivity index (χ0) is 14.5. The average molecular weight is 288 g/mol. The Morgan fingerprint density at radius 1 is 1.15 bits per heavy atom. The van der Waals surface area contributed by atoms with Gasteiger partial charge in [-0.25, -0.2) is 0 Å². The SMILES string of the molecule is COc1cccc(S(=O)CC(=O)c2cccc(C)c2)c1. The van der Waals surface area contributed by atoms with Crippen molar-refractivity contribution >= 4 is 16.6 Å². The van der Waals surface area contributed by atoms with Crippen LogP contribution in [-0.4, -0.2) is 22.9 Å². The number of methoxy groups -OCH3 is 1. The van der Waals surface area contributed by atoms with Crippen molar-refractivity contribution < 1.29 is 13.7 Å². The predicted octanol–water partition coefficient (Wildman–Crippen LogP) is 2.99. The molecule has 0 saturated heterocycles. The molecule has 0 aliphatic heterocycles. The molecule has 0 fully saturated rings. The van der Waals surface area contributed by atoms with Crippen molar-refractivity contribution in [3.05, 3.63) is 59.7 Å². The van der Waals surface area contributed by atoms with Gasteiger partial charge in [0.2, 0.25) is 0 Å². The number of hydrogen-bond acceptors (Lipinski definition) is 3. The summed E-state index contributed by atoms with van der Waals surface area (Å²) in [5.74, 6) is 0.505. The maximum Gasteiger partial charge on any atom is 0.175 e. The lowest BCUT2D eigenvalue weighted by Crippen LogP contribution is -2.11. The highest BCUT2D eigenvalue weighted by Gasteiger charge is 2.13. The molecular formula is C16H16O3S. The molecule has 4 heteroatoms. The summed E-state index contributed by atoms with van der Waals surface area (Å²) in [6.45, 7) is 1.93. The van der Waals surface area contributed by atoms with Gasteiger partial charge in [0.25, 0.3) is 0 Å². The van der Waals surface area contributed by atoms with Crippen LogP contribution >= 0.6 is 0 Å². The zero-order valence-corrected chi connectivity index (χ0v) is 12.3. The fourth-order valence-corrected chi connectivity index (χ4v) is 2.90. The van der Waals surface area contributed by atoms with Crippen LogP contribution < -0.4 is 4.74 Å². The highest BCUT2D eigenvalue weighted by Crippen LogP contribution is 2.16. The molecule has 0 aliphatic carbocycles. The molecule has 0 aliphatic rings. The van der Waals surface area contributed by atoms with E-state index in [1.54, 1.807) is 37.4 Å². The van der Waals surface area contributed by atoms with E-state index in [-0.39, 0.29) is 11.5 Å². The second-order valence-corrected chi connectivity index (χ2v) is 5.91. The highest BCUT2D eigenvalue weighted by atomic mass is 32.2. The molecule has 0 radical (unpaired) electrons. The topological polar surface area (TPSA) is 43.4 Å². The van der Waals surface area contributed by atoms with E-state index in [1.807, 2.05) is 25.1 Å². The van der Waals surface area contributed by atoms with Crippen LogP contribution in [0.5, 0.6) is 5.75 Å². The van der Waals surface area contributed by atoms with E-state index in [2.05, 4.69) is 0 Å². The normalized spacial score (nSPS) is 11.9. The maximum absolute atomic E-state index is 12.2. The van der Waals surface area contributed by atoms with Crippen LogP contribution in [0.15, 0.2) is 53.4 Å². The summed E-state index contributed by atoms with van der Waals surface area (Å²) in [5.41, 5.74) is 1.62. The molecule has 0 N–H and O–H groups in total. The van der Waals surface area contributed by atoms with Crippen LogP contribution in [0.25, 0.3) is 0 Å². The van der Waals surface area contributed by atoms with Crippen molar-refractivity contribution in [1.82, 2.24) is 0 Å². The standard InChI is InChI=1S/C16H16O3S/c1-12-5-3-6-13(9-12)16(17)11-20(18)15-8-4-7-14(10-15)19-2/h3-10H,11H2,1-2H3. The molecule has 2 aromatic rings. The first kappa shape index (κ1) is 14.5. The molecular weight excluding hydrogens is 272 g/mol. The molecule has 20 heavy (non-hydrogen) atoms. The van der Waals surface area contributed by atoms with Crippen molar-refractivity contribution in [3.8, 4) is 5.75 Å². The number of hydrogen-bond donors (Lipinski definition) is 0. The monoisotopic (exact) mass is 288 g/mol. The maximum atomic E-state index is 12.2. The van der Waals surface area contributed by atoms with Gasteiger partial charge in [-0.3, -0.25) is 9.00 Å². The Hall–Kier alpha value is -1.94. The minimum Gasteiger partial charge on any atom is -0.497 e. The van der Waals surface area contributed by atoms with Gasteiger partial charge in [-0.05, 0) is 31.2 Å². The van der Waals surface area contributed by atoms with Gasteiger partial charge < -0.3 is 4.74 Å². The van der Waals surface area contributed by atoms with Crippen LogP contribution in [0.1, 0.15) is 15.9 Å². The van der Waals surface area contributed by atoms with E-state index in [0.29, 0.717) is 16.2 Å². The molecule has 1 unspecified atom stereocenters. The fraction of sp³-hybridized carbons (Fsp3) is 0.188. The van der Waals surface area contributed by atoms with Crippen LogP contribution in [-0.2, 0) is 10.8 Å². The van der Waals surface area contributed by atoms with Gasteiger partial charge in [0.1, 0.15) is 5.75 Å². The number of ether oxygens (including phenoxy) is 1. The molecule has 0 saturated carbocycles. The van der Waals surface area contributed by atoms with Gasteiger partial charge in [0, 0.05) is 10.5 Å². The third kappa shape index (κ3) is 3.54.